The number of halogens is 1. The highest BCUT2D eigenvalue weighted by molar-refractivity contribution is 9.10. The molecule has 2 N–H and O–H groups in total. The number of rotatable bonds is 4. The van der Waals surface area contributed by atoms with Crippen molar-refractivity contribution in [2.24, 2.45) is 0 Å². The molecule has 0 radical (unpaired) electrons. The molecule has 0 aliphatic rings. The van der Waals surface area contributed by atoms with Gasteiger partial charge in [-0.2, -0.15) is 0 Å². The van der Waals surface area contributed by atoms with Gasteiger partial charge in [0, 0.05) is 24.0 Å². The normalized spacial score (nSPS) is 9.95. The number of carbonyl (C=O) groups excluding carboxylic acids is 2. The molecule has 0 heterocycles. The summed E-state index contributed by atoms with van der Waals surface area (Å²) in [6, 6.07) is 12.3. The van der Waals surface area contributed by atoms with Crippen molar-refractivity contribution in [2.45, 2.75) is 13.8 Å². The van der Waals surface area contributed by atoms with E-state index < -0.39 is 0 Å². The molecule has 0 spiro atoms. The van der Waals surface area contributed by atoms with Crippen molar-refractivity contribution in [2.75, 3.05) is 10.6 Å². The summed E-state index contributed by atoms with van der Waals surface area (Å²) >= 11 is 3.39. The van der Waals surface area contributed by atoms with Gasteiger partial charge in [-0.3, -0.25) is 9.59 Å². The van der Waals surface area contributed by atoms with Gasteiger partial charge < -0.3 is 15.4 Å². The van der Waals surface area contributed by atoms with Crippen LogP contribution in [0.3, 0.4) is 0 Å². The van der Waals surface area contributed by atoms with Gasteiger partial charge in [-0.05, 0) is 58.4 Å². The van der Waals surface area contributed by atoms with E-state index in [4.69, 9.17) is 4.74 Å². The Morgan fingerprint density at radius 1 is 0.909 bits per heavy atom. The van der Waals surface area contributed by atoms with Gasteiger partial charge in [0.05, 0.1) is 5.69 Å². The van der Waals surface area contributed by atoms with Gasteiger partial charge in [0.2, 0.25) is 11.8 Å². The summed E-state index contributed by atoms with van der Waals surface area (Å²) in [6.45, 7) is 2.91. The summed E-state index contributed by atoms with van der Waals surface area (Å²) < 4.78 is 6.46. The van der Waals surface area contributed by atoms with Gasteiger partial charge in [0.15, 0.2) is 0 Å². The van der Waals surface area contributed by atoms with E-state index in [1.807, 2.05) is 0 Å². The third-order valence-corrected chi connectivity index (χ3v) is 3.32. The Hall–Kier alpha value is -2.34. The number of nitrogens with one attached hydrogen (secondary N) is 2. The molecule has 0 bridgehead atoms. The zero-order valence-electron chi connectivity index (χ0n) is 12.1. The summed E-state index contributed by atoms with van der Waals surface area (Å²) in [5.41, 5.74) is 1.39. The Labute approximate surface area is 136 Å². The van der Waals surface area contributed by atoms with Crippen LogP contribution in [0, 0.1) is 0 Å². The van der Waals surface area contributed by atoms with Crippen LogP contribution in [0.5, 0.6) is 11.5 Å². The number of ether oxygens (including phenoxy) is 1. The highest BCUT2D eigenvalue weighted by atomic mass is 79.9. The van der Waals surface area contributed by atoms with E-state index in [9.17, 15) is 9.59 Å². The quantitative estimate of drug-likeness (QED) is 0.857. The Morgan fingerprint density at radius 3 is 2.05 bits per heavy atom. The monoisotopic (exact) mass is 362 g/mol. The summed E-state index contributed by atoms with van der Waals surface area (Å²) in [5, 5.41) is 5.40. The predicted octanol–water partition coefficient (Wildman–Crippen LogP) is 4.16. The second kappa shape index (κ2) is 7.09. The molecule has 0 fully saturated rings. The third-order valence-electron chi connectivity index (χ3n) is 2.66. The SMILES string of the molecule is CC(=O)Nc1ccc(Oc2ccc(NC(C)=O)c(Br)c2)cc1. The Balaban J connectivity index is 2.08. The van der Waals surface area contributed by atoms with Crippen molar-refractivity contribution in [3.8, 4) is 11.5 Å². The molecule has 2 aromatic carbocycles. The summed E-state index contributed by atoms with van der Waals surface area (Å²) in [6.07, 6.45) is 0. The van der Waals surface area contributed by atoms with E-state index >= 15 is 0 Å². The maximum absolute atomic E-state index is 11.1. The lowest BCUT2D eigenvalue weighted by atomic mass is 10.3. The minimum absolute atomic E-state index is 0.119. The van der Waals surface area contributed by atoms with Crippen molar-refractivity contribution in [1.29, 1.82) is 0 Å². The standard InChI is InChI=1S/C16H15BrN2O3/c1-10(20)18-12-3-5-13(6-4-12)22-14-7-8-16(15(17)9-14)19-11(2)21/h3-9H,1-2H3,(H,18,20)(H,19,21). The van der Waals surface area contributed by atoms with Crippen LogP contribution in [-0.2, 0) is 9.59 Å². The van der Waals surface area contributed by atoms with Crippen LogP contribution in [0.15, 0.2) is 46.9 Å². The maximum Gasteiger partial charge on any atom is 0.221 e. The smallest absolute Gasteiger partial charge is 0.221 e. The lowest BCUT2D eigenvalue weighted by Crippen LogP contribution is -2.06. The van der Waals surface area contributed by atoms with Gasteiger partial charge in [0.1, 0.15) is 11.5 Å². The first-order chi connectivity index (χ1) is 10.4. The lowest BCUT2D eigenvalue weighted by molar-refractivity contribution is -0.115. The number of hydrogen-bond donors (Lipinski definition) is 2. The van der Waals surface area contributed by atoms with E-state index in [1.54, 1.807) is 42.5 Å². The van der Waals surface area contributed by atoms with Crippen LogP contribution in [-0.4, -0.2) is 11.8 Å². The topological polar surface area (TPSA) is 67.4 Å². The number of carbonyl (C=O) groups is 2. The summed E-state index contributed by atoms with van der Waals surface area (Å²) in [5.74, 6) is 1.02. The fraction of sp³-hybridized carbons (Fsp3) is 0.125. The lowest BCUT2D eigenvalue weighted by Gasteiger charge is -2.10. The van der Waals surface area contributed by atoms with Crippen molar-refractivity contribution < 1.29 is 14.3 Å². The van der Waals surface area contributed by atoms with Crippen LogP contribution < -0.4 is 15.4 Å². The minimum atomic E-state index is -0.136. The van der Waals surface area contributed by atoms with Crippen molar-refractivity contribution in [3.63, 3.8) is 0 Å². The molecule has 2 amide bonds. The van der Waals surface area contributed by atoms with Crippen molar-refractivity contribution >= 4 is 39.1 Å². The molecule has 0 aliphatic heterocycles. The van der Waals surface area contributed by atoms with Gasteiger partial charge in [-0.1, -0.05) is 0 Å². The molecular formula is C16H15BrN2O3. The first-order valence-corrected chi connectivity index (χ1v) is 7.36. The molecular weight excluding hydrogens is 348 g/mol. The second-order valence-corrected chi connectivity index (χ2v) is 5.48. The molecule has 0 saturated heterocycles. The second-order valence-electron chi connectivity index (χ2n) is 4.63. The van der Waals surface area contributed by atoms with E-state index in [0.717, 1.165) is 4.47 Å². The Kier molecular flexibility index (Phi) is 5.16. The molecule has 6 heteroatoms. The first kappa shape index (κ1) is 16.0. The number of hydrogen-bond acceptors (Lipinski definition) is 3. The average molecular weight is 363 g/mol. The van der Waals surface area contributed by atoms with Crippen LogP contribution in [0.25, 0.3) is 0 Å². The maximum atomic E-state index is 11.1. The van der Waals surface area contributed by atoms with E-state index in [2.05, 4.69) is 26.6 Å². The van der Waals surface area contributed by atoms with E-state index in [0.29, 0.717) is 22.9 Å². The van der Waals surface area contributed by atoms with Crippen LogP contribution in [0.4, 0.5) is 11.4 Å². The molecule has 2 rings (SSSR count). The molecule has 0 atom stereocenters. The molecule has 0 aromatic heterocycles. The van der Waals surface area contributed by atoms with Crippen molar-refractivity contribution in [3.05, 3.63) is 46.9 Å². The van der Waals surface area contributed by atoms with Gasteiger partial charge in [0.25, 0.3) is 0 Å². The van der Waals surface area contributed by atoms with Crippen molar-refractivity contribution in [1.82, 2.24) is 0 Å². The average Bonchev–Trinajstić information content (AvgIpc) is 2.43. The molecule has 22 heavy (non-hydrogen) atoms. The number of anilines is 2. The number of benzene rings is 2. The molecule has 0 unspecified atom stereocenters. The zero-order valence-corrected chi connectivity index (χ0v) is 13.7. The molecule has 5 nitrogen and oxygen atoms in total. The highest BCUT2D eigenvalue weighted by Crippen LogP contribution is 2.30. The first-order valence-electron chi connectivity index (χ1n) is 6.56. The van der Waals surface area contributed by atoms with Gasteiger partial charge in [-0.15, -0.1) is 0 Å². The Bertz CT molecular complexity index is 699. The number of amides is 2. The molecule has 0 saturated carbocycles. The fourth-order valence-corrected chi connectivity index (χ4v) is 2.25. The van der Waals surface area contributed by atoms with Crippen LogP contribution in [0.2, 0.25) is 0 Å². The zero-order chi connectivity index (χ0) is 16.1. The molecule has 0 aliphatic carbocycles. The minimum Gasteiger partial charge on any atom is -0.457 e. The Morgan fingerprint density at radius 2 is 1.50 bits per heavy atom. The van der Waals surface area contributed by atoms with Gasteiger partial charge >= 0.3 is 0 Å². The van der Waals surface area contributed by atoms with E-state index in [-0.39, 0.29) is 11.8 Å². The summed E-state index contributed by atoms with van der Waals surface area (Å²) in [7, 11) is 0. The predicted molar refractivity (Wildman–Crippen MR) is 89.3 cm³/mol. The van der Waals surface area contributed by atoms with Gasteiger partial charge in [-0.25, -0.2) is 0 Å². The molecule has 2 aromatic rings. The van der Waals surface area contributed by atoms with Crippen LogP contribution >= 0.6 is 15.9 Å². The summed E-state index contributed by atoms with van der Waals surface area (Å²) in [4.78, 5) is 22.0. The largest absolute Gasteiger partial charge is 0.457 e. The fourth-order valence-electron chi connectivity index (χ4n) is 1.80. The van der Waals surface area contributed by atoms with Crippen LogP contribution in [0.1, 0.15) is 13.8 Å². The highest BCUT2D eigenvalue weighted by Gasteiger charge is 2.05. The molecule has 114 valence electrons. The van der Waals surface area contributed by atoms with E-state index in [1.165, 1.54) is 13.8 Å². The third kappa shape index (κ3) is 4.60.